The van der Waals surface area contributed by atoms with E-state index in [-0.39, 0.29) is 22.3 Å². The van der Waals surface area contributed by atoms with E-state index in [0.29, 0.717) is 0 Å². The molecule has 0 fully saturated rings. The zero-order chi connectivity index (χ0) is 14.6. The van der Waals surface area contributed by atoms with Crippen molar-refractivity contribution in [2.45, 2.75) is 11.8 Å². The second-order valence-electron chi connectivity index (χ2n) is 4.14. The van der Waals surface area contributed by atoms with Crippen molar-refractivity contribution in [1.82, 2.24) is 4.31 Å². The molecule has 19 heavy (non-hydrogen) atoms. The molecule has 8 heteroatoms. The van der Waals surface area contributed by atoms with E-state index in [1.807, 2.05) is 0 Å². The number of rotatable bonds is 5. The molecule has 1 unspecified atom stereocenters. The molecule has 6 nitrogen and oxygen atoms in total. The van der Waals surface area contributed by atoms with E-state index in [2.05, 4.69) is 5.16 Å². The predicted octanol–water partition coefficient (Wildman–Crippen LogP) is 1.34. The highest BCUT2D eigenvalue weighted by atomic mass is 35.5. The molecule has 0 saturated carbocycles. The Morgan fingerprint density at radius 2 is 2.11 bits per heavy atom. The molecule has 0 aromatic heterocycles. The van der Waals surface area contributed by atoms with Gasteiger partial charge in [-0.1, -0.05) is 35.8 Å². The van der Waals surface area contributed by atoms with Crippen molar-refractivity contribution >= 4 is 27.5 Å². The quantitative estimate of drug-likeness (QED) is 0.371. The molecule has 0 radical (unpaired) electrons. The smallest absolute Gasteiger partial charge is 0.244 e. The molecule has 0 saturated heterocycles. The van der Waals surface area contributed by atoms with E-state index in [9.17, 15) is 8.42 Å². The third kappa shape index (κ3) is 3.59. The van der Waals surface area contributed by atoms with Crippen molar-refractivity contribution in [2.75, 3.05) is 13.6 Å². The summed E-state index contributed by atoms with van der Waals surface area (Å²) in [6, 6.07) is 6.19. The summed E-state index contributed by atoms with van der Waals surface area (Å²) in [6.45, 7) is 1.75. The lowest BCUT2D eigenvalue weighted by atomic mass is 10.2. The van der Waals surface area contributed by atoms with Crippen LogP contribution in [0.3, 0.4) is 0 Å². The van der Waals surface area contributed by atoms with Gasteiger partial charge >= 0.3 is 0 Å². The van der Waals surface area contributed by atoms with Crippen LogP contribution in [0.25, 0.3) is 0 Å². The molecule has 3 N–H and O–H groups in total. The molecule has 1 rings (SSSR count). The summed E-state index contributed by atoms with van der Waals surface area (Å²) in [4.78, 5) is 0.0332. The van der Waals surface area contributed by atoms with Crippen LogP contribution >= 0.6 is 11.6 Å². The van der Waals surface area contributed by atoms with Crippen molar-refractivity contribution < 1.29 is 13.6 Å². The lowest BCUT2D eigenvalue weighted by Crippen LogP contribution is -2.36. The number of amidine groups is 1. The Balaban J connectivity index is 2.99. The molecule has 0 aliphatic heterocycles. The van der Waals surface area contributed by atoms with Gasteiger partial charge in [0.2, 0.25) is 10.0 Å². The summed E-state index contributed by atoms with van der Waals surface area (Å²) in [5.74, 6) is -0.437. The van der Waals surface area contributed by atoms with E-state index < -0.39 is 15.9 Å². The summed E-state index contributed by atoms with van der Waals surface area (Å²) in [6.07, 6.45) is 0. The van der Waals surface area contributed by atoms with Crippen LogP contribution in [-0.2, 0) is 10.0 Å². The summed E-state index contributed by atoms with van der Waals surface area (Å²) in [7, 11) is -2.28. The molecule has 0 heterocycles. The molecular weight excluding hydrogens is 290 g/mol. The molecule has 0 bridgehead atoms. The van der Waals surface area contributed by atoms with Gasteiger partial charge in [0.1, 0.15) is 10.7 Å². The van der Waals surface area contributed by atoms with Crippen LogP contribution in [0.4, 0.5) is 0 Å². The van der Waals surface area contributed by atoms with E-state index in [1.165, 1.54) is 19.2 Å². The van der Waals surface area contributed by atoms with Gasteiger partial charge in [0.15, 0.2) is 0 Å². The Morgan fingerprint density at radius 3 is 2.63 bits per heavy atom. The van der Waals surface area contributed by atoms with Gasteiger partial charge in [-0.15, -0.1) is 0 Å². The Labute approximate surface area is 117 Å². The summed E-state index contributed by atoms with van der Waals surface area (Å²) >= 11 is 5.88. The van der Waals surface area contributed by atoms with Crippen LogP contribution in [0.2, 0.25) is 5.02 Å². The highest BCUT2D eigenvalue weighted by Crippen LogP contribution is 2.23. The van der Waals surface area contributed by atoms with Crippen molar-refractivity contribution in [3.8, 4) is 0 Å². The number of sulfonamides is 1. The number of hydrogen-bond donors (Lipinski definition) is 2. The maximum absolute atomic E-state index is 12.3. The van der Waals surface area contributed by atoms with E-state index in [4.69, 9.17) is 22.5 Å². The normalized spacial score (nSPS) is 14.6. The lowest BCUT2D eigenvalue weighted by Gasteiger charge is -2.21. The molecule has 0 spiro atoms. The monoisotopic (exact) mass is 305 g/mol. The maximum Gasteiger partial charge on any atom is 0.244 e. The number of nitrogens with two attached hydrogens (primary N) is 1. The van der Waals surface area contributed by atoms with Gasteiger partial charge in [0.05, 0.1) is 5.02 Å². The first-order valence-corrected chi connectivity index (χ1v) is 7.30. The Bertz CT molecular complexity index is 574. The number of halogens is 1. The van der Waals surface area contributed by atoms with Crippen LogP contribution in [0, 0.1) is 5.92 Å². The zero-order valence-electron chi connectivity index (χ0n) is 10.6. The fourth-order valence-electron chi connectivity index (χ4n) is 1.50. The second-order valence-corrected chi connectivity index (χ2v) is 6.56. The van der Waals surface area contributed by atoms with Gasteiger partial charge in [-0.2, -0.15) is 0 Å². The van der Waals surface area contributed by atoms with Crippen LogP contribution < -0.4 is 5.73 Å². The van der Waals surface area contributed by atoms with Crippen molar-refractivity contribution in [2.24, 2.45) is 16.8 Å². The largest absolute Gasteiger partial charge is 0.409 e. The molecule has 1 atom stereocenters. The summed E-state index contributed by atoms with van der Waals surface area (Å²) in [5.41, 5.74) is 5.43. The Kier molecular flexibility index (Phi) is 5.16. The Morgan fingerprint density at radius 1 is 1.53 bits per heavy atom. The number of hydrogen-bond acceptors (Lipinski definition) is 4. The second kappa shape index (κ2) is 6.23. The summed E-state index contributed by atoms with van der Waals surface area (Å²) in [5, 5.41) is 11.6. The van der Waals surface area contributed by atoms with Crippen LogP contribution in [0.15, 0.2) is 34.3 Å². The fraction of sp³-hybridized carbons (Fsp3) is 0.364. The molecule has 106 valence electrons. The highest BCUT2D eigenvalue weighted by Gasteiger charge is 2.25. The third-order valence-electron chi connectivity index (χ3n) is 2.68. The lowest BCUT2D eigenvalue weighted by molar-refractivity contribution is 0.312. The first kappa shape index (κ1) is 15.7. The fourth-order valence-corrected chi connectivity index (χ4v) is 3.25. The van der Waals surface area contributed by atoms with Crippen LogP contribution in [0.5, 0.6) is 0 Å². The van der Waals surface area contributed by atoms with Gasteiger partial charge in [0.25, 0.3) is 0 Å². The molecule has 0 aliphatic rings. The standard InChI is InChI=1S/C11H16ClN3O3S/c1-8(11(13)14-16)7-15(2)19(17,18)10-6-4-3-5-9(10)12/h3-6,8,16H,7H2,1-2H3,(H2,13,14). The Hall–Kier alpha value is -1.31. The maximum atomic E-state index is 12.3. The first-order chi connectivity index (χ1) is 8.80. The minimum absolute atomic E-state index is 0.0267. The molecule has 1 aromatic rings. The van der Waals surface area contributed by atoms with Gasteiger partial charge in [-0.3, -0.25) is 0 Å². The van der Waals surface area contributed by atoms with Gasteiger partial charge in [0, 0.05) is 19.5 Å². The number of benzene rings is 1. The van der Waals surface area contributed by atoms with Gasteiger partial charge in [-0.05, 0) is 12.1 Å². The van der Waals surface area contributed by atoms with Crippen LogP contribution in [-0.4, -0.2) is 37.4 Å². The first-order valence-electron chi connectivity index (χ1n) is 5.49. The topological polar surface area (TPSA) is 96.0 Å². The molecule has 0 amide bonds. The zero-order valence-corrected chi connectivity index (χ0v) is 12.2. The van der Waals surface area contributed by atoms with Crippen molar-refractivity contribution in [3.05, 3.63) is 29.3 Å². The average molecular weight is 306 g/mol. The number of nitrogens with zero attached hydrogens (tertiary/aromatic N) is 2. The van der Waals surface area contributed by atoms with E-state index in [1.54, 1.807) is 19.1 Å². The van der Waals surface area contributed by atoms with Gasteiger partial charge in [-0.25, -0.2) is 12.7 Å². The summed E-state index contributed by atoms with van der Waals surface area (Å²) < 4.78 is 25.7. The van der Waals surface area contributed by atoms with Gasteiger partial charge < -0.3 is 10.9 Å². The SMILES string of the molecule is CC(CN(C)S(=O)(=O)c1ccccc1Cl)/C(N)=N/O. The minimum atomic E-state index is -3.70. The molecular formula is C11H16ClN3O3S. The molecule has 1 aromatic carbocycles. The van der Waals surface area contributed by atoms with Crippen molar-refractivity contribution in [1.29, 1.82) is 0 Å². The predicted molar refractivity (Wildman–Crippen MR) is 73.8 cm³/mol. The molecule has 0 aliphatic carbocycles. The van der Waals surface area contributed by atoms with E-state index in [0.717, 1.165) is 4.31 Å². The van der Waals surface area contributed by atoms with Crippen LogP contribution in [0.1, 0.15) is 6.92 Å². The minimum Gasteiger partial charge on any atom is -0.409 e. The third-order valence-corrected chi connectivity index (χ3v) is 5.00. The van der Waals surface area contributed by atoms with Crippen molar-refractivity contribution in [3.63, 3.8) is 0 Å². The number of oxime groups is 1. The highest BCUT2D eigenvalue weighted by molar-refractivity contribution is 7.89. The van der Waals surface area contributed by atoms with E-state index >= 15 is 0 Å². The average Bonchev–Trinajstić information content (AvgIpc) is 2.37.